The van der Waals surface area contributed by atoms with Crippen molar-refractivity contribution in [3.05, 3.63) is 65.1 Å². The number of aliphatic hydroxyl groups is 2. The lowest BCUT2D eigenvalue weighted by Gasteiger charge is -2.14. The molecule has 2 aromatic carbocycles. The standard InChI is InChI=1S/C25H37NO4/c27-20-23-18-22(13-14-24(23)28)25(29)19-26-15-7-1-2-8-16-30-17-9-6-12-21-10-4-3-5-11-21/h3-5,10-11,13-14,18,25-29H,1-2,6-9,12,15-17,19-20H2/i1D2,2D2,3D,6D2,7D2,8D2,9D2,10D,11D,12D2,13D,14D,15D2,16D2,18D,20D2,25D. The number of benzene rings is 2. The van der Waals surface area contributed by atoms with Crippen LogP contribution in [-0.4, -0.2) is 41.5 Å². The average molecular weight is 443 g/mol. The number of hydrogen-bond donors (Lipinski definition) is 4. The fourth-order valence-corrected chi connectivity index (χ4v) is 1.64. The molecule has 2 rings (SSSR count). The number of nitrogens with one attached hydrogen (secondary N) is 1. The lowest BCUT2D eigenvalue weighted by Crippen LogP contribution is -2.22. The quantitative estimate of drug-likeness (QED) is 0.314. The van der Waals surface area contributed by atoms with Crippen molar-refractivity contribution in [2.24, 2.45) is 0 Å². The van der Waals surface area contributed by atoms with Crippen LogP contribution in [0.1, 0.15) is 98.0 Å². The van der Waals surface area contributed by atoms with Crippen molar-refractivity contribution in [2.45, 2.75) is 57.2 Å². The van der Waals surface area contributed by atoms with Crippen LogP contribution in [-0.2, 0) is 17.7 Å². The summed E-state index contributed by atoms with van der Waals surface area (Å²) in [5.74, 6) is -1.44. The number of phenols is 1. The highest BCUT2D eigenvalue weighted by atomic mass is 16.5. The highest BCUT2D eigenvalue weighted by Crippen LogP contribution is 2.22. The van der Waals surface area contributed by atoms with E-state index < -0.39 is 142 Å². The van der Waals surface area contributed by atoms with Gasteiger partial charge in [0.25, 0.3) is 0 Å². The summed E-state index contributed by atoms with van der Waals surface area (Å²) in [6.07, 6.45) is -32.9. The Morgan fingerprint density at radius 3 is 2.67 bits per heavy atom. The van der Waals surface area contributed by atoms with Gasteiger partial charge in [-0.15, -0.1) is 0 Å². The van der Waals surface area contributed by atoms with Gasteiger partial charge in [-0.05, 0) is 61.6 Å². The SMILES string of the molecule is [2H]c1cc([2H])c(C([2H])([2H])C([2H])([2H])C([2H])([2H])COC([2H])([2H])C([2H])([2H])C([2H])([2H])C([2H])([2H])C([2H])([2H])C([2H])([2H])NCC([2H])(O)c2c([2H])c([2H])c(O)c(C([2H])([2H])O)c2[2H])c([2H])c1. The van der Waals surface area contributed by atoms with Gasteiger partial charge in [-0.1, -0.05) is 49.0 Å². The largest absolute Gasteiger partial charge is 0.508 e. The Kier molecular flexibility index (Phi) is 3.27. The van der Waals surface area contributed by atoms with Gasteiger partial charge in [0.1, 0.15) is 5.75 Å². The van der Waals surface area contributed by atoms with E-state index in [9.17, 15) is 15.3 Å². The van der Waals surface area contributed by atoms with Crippen LogP contribution in [0, 0.1) is 0 Å². The second kappa shape index (κ2) is 15.0. The Labute approximate surface area is 218 Å². The third kappa shape index (κ3) is 9.72. The lowest BCUT2D eigenvalue weighted by atomic mass is 10.1. The molecule has 1 atom stereocenters. The molecule has 2 aromatic rings. The molecule has 30 heavy (non-hydrogen) atoms. The summed E-state index contributed by atoms with van der Waals surface area (Å²) in [6.45, 7) is -15.7. The van der Waals surface area contributed by atoms with Crippen molar-refractivity contribution < 1.29 is 57.1 Å². The molecule has 0 saturated heterocycles. The first-order valence-electron chi connectivity index (χ1n) is 21.6. The van der Waals surface area contributed by atoms with Gasteiger partial charge >= 0.3 is 0 Å². The van der Waals surface area contributed by atoms with Gasteiger partial charge in [-0.3, -0.25) is 0 Å². The zero-order chi connectivity index (χ0) is 45.5. The second-order valence-corrected chi connectivity index (χ2v) is 4.95. The molecule has 5 nitrogen and oxygen atoms in total. The van der Waals surface area contributed by atoms with E-state index in [1.54, 1.807) is 0 Å². The van der Waals surface area contributed by atoms with Crippen LogP contribution < -0.4 is 5.32 Å². The fourth-order valence-electron chi connectivity index (χ4n) is 1.64. The number of ether oxygens (including phenoxy) is 1. The molecule has 0 aromatic heterocycles. The van der Waals surface area contributed by atoms with Gasteiger partial charge in [-0.25, -0.2) is 0 Å². The molecule has 0 fully saturated rings. The maximum absolute atomic E-state index is 10.8. The monoisotopic (exact) mass is 442 g/mol. The predicted octanol–water partition coefficient (Wildman–Crippen LogP) is 4.11. The molecule has 166 valence electrons. The summed E-state index contributed by atoms with van der Waals surface area (Å²) in [6, 6.07) is -4.87. The normalized spacial score (nSPS) is 31.2. The number of aromatic hydroxyl groups is 1. The molecule has 0 saturated carbocycles. The smallest absolute Gasteiger partial charge is 0.121 e. The molecule has 0 amide bonds. The molecule has 0 aliphatic carbocycles. The summed E-state index contributed by atoms with van der Waals surface area (Å²) in [5.41, 5.74) is -3.80. The third-order valence-electron chi connectivity index (χ3n) is 2.93. The molecular weight excluding hydrogens is 378 g/mol. The van der Waals surface area contributed by atoms with Crippen LogP contribution in [0.5, 0.6) is 5.75 Å². The highest BCUT2D eigenvalue weighted by Gasteiger charge is 2.09. The van der Waals surface area contributed by atoms with E-state index in [2.05, 4.69) is 4.74 Å². The van der Waals surface area contributed by atoms with Crippen molar-refractivity contribution in [1.29, 1.82) is 0 Å². The molecule has 1 unspecified atom stereocenters. The van der Waals surface area contributed by atoms with E-state index >= 15 is 0 Å². The molecule has 4 N–H and O–H groups in total. The minimum absolute atomic E-state index is 0.445. The Balaban J connectivity index is 2.50. The molecule has 0 aliphatic heterocycles. The van der Waals surface area contributed by atoms with Crippen LogP contribution in [0.3, 0.4) is 0 Å². The van der Waals surface area contributed by atoms with E-state index in [1.807, 2.05) is 0 Å². The molecule has 0 radical (unpaired) electrons. The zero-order valence-electron chi connectivity index (χ0n) is 42.3. The molecular formula is C25H37NO4. The van der Waals surface area contributed by atoms with E-state index in [0.717, 1.165) is 12.1 Å². The van der Waals surface area contributed by atoms with Crippen LogP contribution in [0.4, 0.5) is 0 Å². The predicted molar refractivity (Wildman–Crippen MR) is 121 cm³/mol. The third-order valence-corrected chi connectivity index (χ3v) is 2.93. The van der Waals surface area contributed by atoms with Gasteiger partial charge in [0.05, 0.1) is 27.7 Å². The van der Waals surface area contributed by atoms with Crippen molar-refractivity contribution in [3.8, 4) is 5.75 Å². The fraction of sp³-hybridized carbons (Fsp3) is 0.520. The van der Waals surface area contributed by atoms with Gasteiger partial charge in [0.2, 0.25) is 0 Å². The zero-order valence-corrected chi connectivity index (χ0v) is 15.3. The summed E-state index contributed by atoms with van der Waals surface area (Å²) in [7, 11) is 0. The minimum atomic E-state index is -4.60. The van der Waals surface area contributed by atoms with Crippen LogP contribution in [0.15, 0.2) is 48.4 Å². The van der Waals surface area contributed by atoms with Gasteiger partial charge in [0, 0.05) is 47.2 Å². The van der Waals surface area contributed by atoms with Gasteiger partial charge in [0.15, 0.2) is 0 Å². The average Bonchev–Trinajstić information content (AvgIpc) is 3.00. The summed E-state index contributed by atoms with van der Waals surface area (Å²) in [5, 5.41) is 32.1. The van der Waals surface area contributed by atoms with Crippen molar-refractivity contribution in [1.82, 2.24) is 5.32 Å². The summed E-state index contributed by atoms with van der Waals surface area (Å²) < 4.78 is 223. The Morgan fingerprint density at radius 2 is 1.87 bits per heavy atom. The maximum Gasteiger partial charge on any atom is 0.121 e. The van der Waals surface area contributed by atoms with Crippen LogP contribution >= 0.6 is 0 Å². The molecule has 0 aliphatic rings. The molecule has 0 bridgehead atoms. The number of hydrogen-bond acceptors (Lipinski definition) is 5. The summed E-state index contributed by atoms with van der Waals surface area (Å²) in [4.78, 5) is 0. The van der Waals surface area contributed by atoms with E-state index in [0.29, 0.717) is 0 Å². The van der Waals surface area contributed by atoms with Gasteiger partial charge < -0.3 is 25.4 Å². The lowest BCUT2D eigenvalue weighted by molar-refractivity contribution is 0.126. The molecule has 0 heterocycles. The van der Waals surface area contributed by atoms with E-state index in [-0.39, 0.29) is 0 Å². The first-order valence-corrected chi connectivity index (χ1v) is 8.13. The highest BCUT2D eigenvalue weighted by molar-refractivity contribution is 5.36. The Bertz CT molecular complexity index is 1820. The van der Waals surface area contributed by atoms with Gasteiger partial charge in [-0.2, -0.15) is 0 Å². The molecule has 0 spiro atoms. The van der Waals surface area contributed by atoms with Crippen molar-refractivity contribution >= 4 is 0 Å². The minimum Gasteiger partial charge on any atom is -0.508 e. The first-order chi connectivity index (χ1) is 24.9. The van der Waals surface area contributed by atoms with E-state index in [1.165, 1.54) is 5.32 Å². The maximum atomic E-state index is 10.8. The number of rotatable bonds is 16. The molecule has 5 heteroatoms. The van der Waals surface area contributed by atoms with Crippen molar-refractivity contribution in [3.63, 3.8) is 0 Å². The Hall–Kier alpha value is -1.92. The Morgan fingerprint density at radius 1 is 1.07 bits per heavy atom. The second-order valence-electron chi connectivity index (χ2n) is 4.95. The topological polar surface area (TPSA) is 82.0 Å². The first kappa shape index (κ1) is 6.55. The summed E-state index contributed by atoms with van der Waals surface area (Å²) >= 11 is 0. The van der Waals surface area contributed by atoms with Crippen LogP contribution in [0.2, 0.25) is 0 Å². The van der Waals surface area contributed by atoms with Crippen molar-refractivity contribution in [2.75, 3.05) is 26.2 Å². The van der Waals surface area contributed by atoms with Crippen LogP contribution in [0.25, 0.3) is 0 Å². The van der Waals surface area contributed by atoms with E-state index in [4.69, 9.17) is 37.0 Å².